The van der Waals surface area contributed by atoms with Crippen LogP contribution in [0.15, 0.2) is 52.4 Å². The first-order valence-corrected chi connectivity index (χ1v) is 10.8. The lowest BCUT2D eigenvalue weighted by Crippen LogP contribution is -2.19. The highest BCUT2D eigenvalue weighted by Crippen LogP contribution is 2.19. The van der Waals surface area contributed by atoms with E-state index in [9.17, 15) is 13.2 Å². The summed E-state index contributed by atoms with van der Waals surface area (Å²) in [4.78, 5) is 16.9. The molecule has 142 valence electrons. The number of methoxy groups -OCH3 is 1. The number of carbonyl (C=O) groups excluding carboxylic acids is 1. The van der Waals surface area contributed by atoms with Crippen molar-refractivity contribution in [3.05, 3.63) is 52.8 Å². The molecule has 8 heteroatoms. The summed E-state index contributed by atoms with van der Waals surface area (Å²) < 4.78 is 32.7. The van der Waals surface area contributed by atoms with Crippen LogP contribution in [-0.2, 0) is 28.1 Å². The van der Waals surface area contributed by atoms with Crippen molar-refractivity contribution in [3.63, 3.8) is 0 Å². The molecule has 2 aromatic carbocycles. The summed E-state index contributed by atoms with van der Waals surface area (Å²) in [7, 11) is -0.447. The van der Waals surface area contributed by atoms with E-state index in [1.54, 1.807) is 16.7 Å². The molecular weight excluding hydrogens is 384 g/mol. The first-order chi connectivity index (χ1) is 12.8. The van der Waals surface area contributed by atoms with E-state index < -0.39 is 21.5 Å². The molecule has 1 aromatic heterocycles. The van der Waals surface area contributed by atoms with Crippen LogP contribution >= 0.6 is 11.3 Å². The minimum Gasteiger partial charge on any atom is -0.497 e. The number of hydrogen-bond acceptors (Lipinski definition) is 5. The average molecular weight is 405 g/mol. The Morgan fingerprint density at radius 1 is 1.19 bits per heavy atom. The topological polar surface area (TPSA) is 77.7 Å². The van der Waals surface area contributed by atoms with Crippen LogP contribution in [0.2, 0.25) is 0 Å². The van der Waals surface area contributed by atoms with Gasteiger partial charge in [-0.05, 0) is 48.4 Å². The maximum Gasteiger partial charge on any atom is 0.263 e. The van der Waals surface area contributed by atoms with Gasteiger partial charge in [-0.1, -0.05) is 24.3 Å². The monoisotopic (exact) mass is 404 g/mol. The first kappa shape index (κ1) is 19.3. The SMILES string of the molecule is CCc1ccc2c(c1)sc(=NC(=O)CS(=O)(=O)c1ccc(OC)cc1)n2C. The molecule has 0 saturated carbocycles. The molecule has 0 fully saturated rings. The summed E-state index contributed by atoms with van der Waals surface area (Å²) in [6, 6.07) is 12.0. The third-order valence-corrected chi connectivity index (χ3v) is 6.95. The van der Waals surface area contributed by atoms with E-state index in [1.165, 1.54) is 36.1 Å². The van der Waals surface area contributed by atoms with Crippen molar-refractivity contribution in [1.29, 1.82) is 0 Å². The van der Waals surface area contributed by atoms with Crippen LogP contribution in [0.4, 0.5) is 0 Å². The number of rotatable bonds is 5. The van der Waals surface area contributed by atoms with Crippen molar-refractivity contribution in [3.8, 4) is 5.75 Å². The second-order valence-electron chi connectivity index (χ2n) is 6.04. The molecular formula is C19H20N2O4S2. The molecule has 1 heterocycles. The maximum absolute atomic E-state index is 12.4. The number of fused-ring (bicyclic) bond motifs is 1. The van der Waals surface area contributed by atoms with E-state index in [1.807, 2.05) is 19.2 Å². The molecule has 0 spiro atoms. The second-order valence-corrected chi connectivity index (χ2v) is 9.04. The molecule has 0 aliphatic rings. The van der Waals surface area contributed by atoms with Crippen molar-refractivity contribution in [2.24, 2.45) is 12.0 Å². The Labute approximate surface area is 161 Å². The van der Waals surface area contributed by atoms with Crippen LogP contribution in [0, 0.1) is 0 Å². The predicted octanol–water partition coefficient (Wildman–Crippen LogP) is 2.71. The number of aryl methyl sites for hydroxylation is 2. The minimum absolute atomic E-state index is 0.0696. The Morgan fingerprint density at radius 3 is 2.52 bits per heavy atom. The van der Waals surface area contributed by atoms with Gasteiger partial charge in [0.2, 0.25) is 0 Å². The summed E-state index contributed by atoms with van der Waals surface area (Å²) in [5.74, 6) is -0.814. The Morgan fingerprint density at radius 2 is 1.89 bits per heavy atom. The fourth-order valence-electron chi connectivity index (χ4n) is 2.67. The normalized spacial score (nSPS) is 12.5. The third-order valence-electron chi connectivity index (χ3n) is 4.23. The van der Waals surface area contributed by atoms with Gasteiger partial charge in [-0.15, -0.1) is 0 Å². The molecule has 0 radical (unpaired) electrons. The predicted molar refractivity (Wildman–Crippen MR) is 106 cm³/mol. The molecule has 0 unspecified atom stereocenters. The Balaban J connectivity index is 1.89. The lowest BCUT2D eigenvalue weighted by molar-refractivity contribution is -0.115. The summed E-state index contributed by atoms with van der Waals surface area (Å²) in [5, 5.41) is 0. The van der Waals surface area contributed by atoms with Crippen LogP contribution in [0.1, 0.15) is 12.5 Å². The van der Waals surface area contributed by atoms with Gasteiger partial charge in [0.05, 0.1) is 22.2 Å². The molecule has 0 atom stereocenters. The van der Waals surface area contributed by atoms with E-state index in [2.05, 4.69) is 18.0 Å². The summed E-state index contributed by atoms with van der Waals surface area (Å²) in [6.07, 6.45) is 0.920. The van der Waals surface area contributed by atoms with E-state index >= 15 is 0 Å². The number of ether oxygens (including phenoxy) is 1. The van der Waals surface area contributed by atoms with Crippen LogP contribution in [0.3, 0.4) is 0 Å². The fraction of sp³-hybridized carbons (Fsp3) is 0.263. The van der Waals surface area contributed by atoms with Crippen LogP contribution < -0.4 is 9.54 Å². The molecule has 1 amide bonds. The lowest BCUT2D eigenvalue weighted by atomic mass is 10.2. The molecule has 27 heavy (non-hydrogen) atoms. The smallest absolute Gasteiger partial charge is 0.263 e. The Bertz CT molecular complexity index is 1160. The van der Waals surface area contributed by atoms with Gasteiger partial charge in [0.25, 0.3) is 5.91 Å². The molecule has 0 aliphatic carbocycles. The zero-order valence-electron chi connectivity index (χ0n) is 15.3. The number of sulfone groups is 1. The summed E-state index contributed by atoms with van der Waals surface area (Å²) in [5.41, 5.74) is 2.16. The zero-order chi connectivity index (χ0) is 19.6. The van der Waals surface area contributed by atoms with Crippen molar-refractivity contribution in [2.75, 3.05) is 12.9 Å². The van der Waals surface area contributed by atoms with Crippen LogP contribution in [-0.4, -0.2) is 31.8 Å². The van der Waals surface area contributed by atoms with Crippen LogP contribution in [0.5, 0.6) is 5.75 Å². The van der Waals surface area contributed by atoms with Gasteiger partial charge in [-0.25, -0.2) is 8.42 Å². The average Bonchev–Trinajstić information content (AvgIpc) is 2.96. The van der Waals surface area contributed by atoms with Crippen LogP contribution in [0.25, 0.3) is 10.2 Å². The van der Waals surface area contributed by atoms with Crippen molar-refractivity contribution in [2.45, 2.75) is 18.2 Å². The van der Waals surface area contributed by atoms with Gasteiger partial charge in [0, 0.05) is 7.05 Å². The van der Waals surface area contributed by atoms with Gasteiger partial charge in [0.1, 0.15) is 11.5 Å². The van der Waals surface area contributed by atoms with Gasteiger partial charge in [-0.3, -0.25) is 4.79 Å². The Hall–Kier alpha value is -2.45. The van der Waals surface area contributed by atoms with Gasteiger partial charge in [-0.2, -0.15) is 4.99 Å². The number of hydrogen-bond donors (Lipinski definition) is 0. The standard InChI is InChI=1S/C19H20N2O4S2/c1-4-13-5-10-16-17(11-13)26-19(21(16)2)20-18(22)12-27(23,24)15-8-6-14(25-3)7-9-15/h5-11H,4,12H2,1-3H3. The van der Waals surface area contributed by atoms with Crippen molar-refractivity contribution < 1.29 is 17.9 Å². The van der Waals surface area contributed by atoms with Crippen molar-refractivity contribution >= 4 is 37.3 Å². The third kappa shape index (κ3) is 4.12. The van der Waals surface area contributed by atoms with E-state index in [4.69, 9.17) is 4.74 Å². The Kier molecular flexibility index (Phi) is 5.48. The summed E-state index contributed by atoms with van der Waals surface area (Å²) >= 11 is 1.37. The first-order valence-electron chi connectivity index (χ1n) is 8.37. The molecule has 3 rings (SSSR count). The molecule has 6 nitrogen and oxygen atoms in total. The molecule has 0 N–H and O–H groups in total. The molecule has 0 bridgehead atoms. The molecule has 3 aromatic rings. The van der Waals surface area contributed by atoms with Gasteiger partial charge >= 0.3 is 0 Å². The number of carbonyl (C=O) groups is 1. The van der Waals surface area contributed by atoms with Gasteiger partial charge < -0.3 is 9.30 Å². The summed E-state index contributed by atoms with van der Waals surface area (Å²) in [6.45, 7) is 2.08. The molecule has 0 aliphatic heterocycles. The lowest BCUT2D eigenvalue weighted by Gasteiger charge is -2.03. The largest absolute Gasteiger partial charge is 0.497 e. The van der Waals surface area contributed by atoms with E-state index in [-0.39, 0.29) is 4.90 Å². The molecule has 0 saturated heterocycles. The fourth-order valence-corrected chi connectivity index (χ4v) is 4.88. The number of amides is 1. The minimum atomic E-state index is -3.76. The highest BCUT2D eigenvalue weighted by molar-refractivity contribution is 7.92. The van der Waals surface area contributed by atoms with Crippen molar-refractivity contribution in [1.82, 2.24) is 4.57 Å². The number of aromatic nitrogens is 1. The van der Waals surface area contributed by atoms with E-state index in [0.29, 0.717) is 10.6 Å². The van der Waals surface area contributed by atoms with E-state index in [0.717, 1.165) is 16.6 Å². The van der Waals surface area contributed by atoms with Gasteiger partial charge in [0.15, 0.2) is 14.6 Å². The number of benzene rings is 2. The quantitative estimate of drug-likeness (QED) is 0.655. The number of thiazole rings is 1. The number of nitrogens with zero attached hydrogens (tertiary/aromatic N) is 2. The maximum atomic E-state index is 12.4. The second kappa shape index (κ2) is 7.66. The highest BCUT2D eigenvalue weighted by Gasteiger charge is 2.19. The highest BCUT2D eigenvalue weighted by atomic mass is 32.2. The zero-order valence-corrected chi connectivity index (χ0v) is 16.9.